The number of aromatic nitrogens is 1. The Morgan fingerprint density at radius 2 is 2.20 bits per heavy atom. The van der Waals surface area contributed by atoms with E-state index in [-0.39, 0.29) is 5.56 Å². The van der Waals surface area contributed by atoms with Crippen molar-refractivity contribution in [2.45, 2.75) is 6.92 Å². The zero-order chi connectivity index (χ0) is 10.8. The number of rotatable bonds is 2. The van der Waals surface area contributed by atoms with Crippen LogP contribution in [0.3, 0.4) is 0 Å². The second kappa shape index (κ2) is 3.57. The normalized spacial score (nSPS) is 10.2. The summed E-state index contributed by atoms with van der Waals surface area (Å²) < 4.78 is 5.04. The molecule has 76 valence electrons. The summed E-state index contributed by atoms with van der Waals surface area (Å²) in [4.78, 5) is 10.7. The Kier molecular flexibility index (Phi) is 2.25. The highest BCUT2D eigenvalue weighted by atomic mass is 16.5. The molecule has 0 aliphatic heterocycles. The molecule has 0 bridgehead atoms. The molecule has 0 saturated heterocycles. The van der Waals surface area contributed by atoms with Crippen molar-refractivity contribution in [2.24, 2.45) is 0 Å². The van der Waals surface area contributed by atoms with E-state index in [4.69, 9.17) is 9.63 Å². The highest BCUT2D eigenvalue weighted by molar-refractivity contribution is 5.89. The first-order valence-corrected chi connectivity index (χ1v) is 4.44. The second-order valence-electron chi connectivity index (χ2n) is 3.22. The summed E-state index contributed by atoms with van der Waals surface area (Å²) in [6.07, 6.45) is 0. The molecule has 2 aromatic rings. The van der Waals surface area contributed by atoms with Crippen LogP contribution in [0.4, 0.5) is 0 Å². The van der Waals surface area contributed by atoms with Gasteiger partial charge in [0.2, 0.25) is 0 Å². The van der Waals surface area contributed by atoms with Crippen molar-refractivity contribution < 1.29 is 14.4 Å². The van der Waals surface area contributed by atoms with E-state index in [1.807, 2.05) is 6.92 Å². The third-order valence-electron chi connectivity index (χ3n) is 2.02. The van der Waals surface area contributed by atoms with Gasteiger partial charge in [0.05, 0.1) is 11.3 Å². The van der Waals surface area contributed by atoms with Crippen molar-refractivity contribution in [3.8, 4) is 11.3 Å². The molecule has 1 N–H and O–H groups in total. The third-order valence-corrected chi connectivity index (χ3v) is 2.02. The highest BCUT2D eigenvalue weighted by Gasteiger charge is 2.07. The van der Waals surface area contributed by atoms with Crippen LogP contribution in [-0.2, 0) is 0 Å². The first-order valence-electron chi connectivity index (χ1n) is 4.44. The van der Waals surface area contributed by atoms with Gasteiger partial charge in [-0.25, -0.2) is 4.79 Å². The summed E-state index contributed by atoms with van der Waals surface area (Å²) in [5.41, 5.74) is 1.72. The molecular weight excluding hydrogens is 194 g/mol. The molecule has 0 atom stereocenters. The number of hydrogen-bond acceptors (Lipinski definition) is 3. The van der Waals surface area contributed by atoms with E-state index in [9.17, 15) is 4.79 Å². The Balaban J connectivity index is 2.45. The molecule has 0 saturated carbocycles. The Morgan fingerprint density at radius 1 is 1.40 bits per heavy atom. The molecule has 0 aliphatic rings. The summed E-state index contributed by atoms with van der Waals surface area (Å²) >= 11 is 0. The molecule has 0 spiro atoms. The zero-order valence-corrected chi connectivity index (χ0v) is 8.10. The standard InChI is InChI=1S/C11H9NO3/c1-7-5-10(15-12-7)8-3-2-4-9(6-8)11(13)14/h2-6H,1H3,(H,13,14). The largest absolute Gasteiger partial charge is 0.478 e. The van der Waals surface area contributed by atoms with Crippen LogP contribution in [0.5, 0.6) is 0 Å². The lowest BCUT2D eigenvalue weighted by Crippen LogP contribution is -1.95. The number of aryl methyl sites for hydroxylation is 1. The van der Waals surface area contributed by atoms with E-state index >= 15 is 0 Å². The number of nitrogens with zero attached hydrogens (tertiary/aromatic N) is 1. The van der Waals surface area contributed by atoms with Crippen LogP contribution < -0.4 is 0 Å². The third kappa shape index (κ3) is 1.88. The molecule has 1 heterocycles. The van der Waals surface area contributed by atoms with E-state index in [0.717, 1.165) is 11.3 Å². The van der Waals surface area contributed by atoms with E-state index in [0.29, 0.717) is 5.76 Å². The van der Waals surface area contributed by atoms with Gasteiger partial charge in [-0.15, -0.1) is 0 Å². The molecule has 4 nitrogen and oxygen atoms in total. The average Bonchev–Trinajstić information content (AvgIpc) is 2.65. The SMILES string of the molecule is Cc1cc(-c2cccc(C(=O)O)c2)on1. The second-order valence-corrected chi connectivity index (χ2v) is 3.22. The molecule has 2 rings (SSSR count). The first-order chi connectivity index (χ1) is 7.16. The van der Waals surface area contributed by atoms with Gasteiger partial charge in [0, 0.05) is 11.6 Å². The van der Waals surface area contributed by atoms with Crippen molar-refractivity contribution in [3.63, 3.8) is 0 Å². The van der Waals surface area contributed by atoms with E-state index in [1.54, 1.807) is 24.3 Å². The lowest BCUT2D eigenvalue weighted by Gasteiger charge is -1.97. The molecule has 15 heavy (non-hydrogen) atoms. The minimum atomic E-state index is -0.951. The Labute approximate surface area is 86.1 Å². The van der Waals surface area contributed by atoms with Crippen LogP contribution in [0.25, 0.3) is 11.3 Å². The van der Waals surface area contributed by atoms with Crippen LogP contribution in [0.15, 0.2) is 34.9 Å². The monoisotopic (exact) mass is 203 g/mol. The van der Waals surface area contributed by atoms with Crippen molar-refractivity contribution in [1.82, 2.24) is 5.16 Å². The Morgan fingerprint density at radius 3 is 2.80 bits per heavy atom. The number of carboxylic acid groups (broad SMARTS) is 1. The van der Waals surface area contributed by atoms with Crippen LogP contribution in [0.2, 0.25) is 0 Å². The number of hydrogen-bond donors (Lipinski definition) is 1. The molecule has 0 radical (unpaired) electrons. The van der Waals surface area contributed by atoms with Crippen molar-refractivity contribution >= 4 is 5.97 Å². The smallest absolute Gasteiger partial charge is 0.335 e. The molecule has 1 aromatic heterocycles. The molecule has 1 aromatic carbocycles. The highest BCUT2D eigenvalue weighted by Crippen LogP contribution is 2.21. The molecular formula is C11H9NO3. The maximum atomic E-state index is 10.7. The number of aromatic carboxylic acids is 1. The van der Waals surface area contributed by atoms with Crippen LogP contribution >= 0.6 is 0 Å². The molecule has 0 amide bonds. The summed E-state index contributed by atoms with van der Waals surface area (Å²) in [7, 11) is 0. The van der Waals surface area contributed by atoms with Gasteiger partial charge in [0.15, 0.2) is 5.76 Å². The number of carboxylic acids is 1. The van der Waals surface area contributed by atoms with Crippen LogP contribution in [-0.4, -0.2) is 16.2 Å². The lowest BCUT2D eigenvalue weighted by atomic mass is 10.1. The van der Waals surface area contributed by atoms with Crippen molar-refractivity contribution in [3.05, 3.63) is 41.6 Å². The lowest BCUT2D eigenvalue weighted by molar-refractivity contribution is 0.0697. The van der Waals surface area contributed by atoms with Gasteiger partial charge in [-0.1, -0.05) is 17.3 Å². The fourth-order valence-corrected chi connectivity index (χ4v) is 1.31. The van der Waals surface area contributed by atoms with Gasteiger partial charge in [0.1, 0.15) is 0 Å². The first kappa shape index (κ1) is 9.45. The molecule has 0 fully saturated rings. The molecule has 4 heteroatoms. The number of carbonyl (C=O) groups is 1. The van der Waals surface area contributed by atoms with Crippen LogP contribution in [0, 0.1) is 6.92 Å². The summed E-state index contributed by atoms with van der Waals surface area (Å²) in [5.74, 6) is -0.372. The summed E-state index contributed by atoms with van der Waals surface area (Å²) in [5, 5.41) is 12.6. The Bertz CT molecular complexity index is 502. The maximum absolute atomic E-state index is 10.7. The van der Waals surface area contributed by atoms with E-state index in [2.05, 4.69) is 5.16 Å². The Hall–Kier alpha value is -2.10. The predicted octanol–water partition coefficient (Wildman–Crippen LogP) is 2.35. The molecule has 0 aliphatic carbocycles. The topological polar surface area (TPSA) is 63.3 Å². The van der Waals surface area contributed by atoms with Gasteiger partial charge in [-0.3, -0.25) is 0 Å². The van der Waals surface area contributed by atoms with E-state index < -0.39 is 5.97 Å². The predicted molar refractivity (Wildman–Crippen MR) is 53.6 cm³/mol. The fraction of sp³-hybridized carbons (Fsp3) is 0.0909. The van der Waals surface area contributed by atoms with E-state index in [1.165, 1.54) is 6.07 Å². The fourth-order valence-electron chi connectivity index (χ4n) is 1.31. The van der Waals surface area contributed by atoms with Gasteiger partial charge in [-0.05, 0) is 19.1 Å². The van der Waals surface area contributed by atoms with Crippen molar-refractivity contribution in [2.75, 3.05) is 0 Å². The minimum absolute atomic E-state index is 0.238. The minimum Gasteiger partial charge on any atom is -0.478 e. The number of benzene rings is 1. The summed E-state index contributed by atoms with van der Waals surface area (Å²) in [6.45, 7) is 1.81. The average molecular weight is 203 g/mol. The van der Waals surface area contributed by atoms with Crippen molar-refractivity contribution in [1.29, 1.82) is 0 Å². The summed E-state index contributed by atoms with van der Waals surface area (Å²) in [6, 6.07) is 8.32. The quantitative estimate of drug-likeness (QED) is 0.813. The molecule has 0 unspecified atom stereocenters. The van der Waals surface area contributed by atoms with Gasteiger partial charge in [-0.2, -0.15) is 0 Å². The van der Waals surface area contributed by atoms with Gasteiger partial charge >= 0.3 is 5.97 Å². The zero-order valence-electron chi connectivity index (χ0n) is 8.10. The maximum Gasteiger partial charge on any atom is 0.335 e. The van der Waals surface area contributed by atoms with Gasteiger partial charge < -0.3 is 9.63 Å². The van der Waals surface area contributed by atoms with Crippen LogP contribution in [0.1, 0.15) is 16.1 Å². The van der Waals surface area contributed by atoms with Gasteiger partial charge in [0.25, 0.3) is 0 Å².